The molecule has 1 aliphatic carbocycles. The van der Waals surface area contributed by atoms with Crippen LogP contribution in [0.2, 0.25) is 0 Å². The summed E-state index contributed by atoms with van der Waals surface area (Å²) in [7, 11) is 0. The lowest BCUT2D eigenvalue weighted by Gasteiger charge is -2.11. The van der Waals surface area contributed by atoms with E-state index in [1.165, 1.54) is 12.8 Å². The third-order valence-corrected chi connectivity index (χ3v) is 3.66. The number of aromatic nitrogens is 2. The minimum Gasteiger partial charge on any atom is -0.381 e. The van der Waals surface area contributed by atoms with Gasteiger partial charge in [-0.3, -0.25) is 0 Å². The average Bonchev–Trinajstić information content (AvgIpc) is 3.04. The van der Waals surface area contributed by atoms with Gasteiger partial charge in [-0.25, -0.2) is 9.97 Å². The molecule has 1 atom stereocenters. The van der Waals surface area contributed by atoms with Crippen molar-refractivity contribution in [2.75, 3.05) is 25.1 Å². The fourth-order valence-corrected chi connectivity index (χ4v) is 2.44. The van der Waals surface area contributed by atoms with Crippen molar-refractivity contribution in [2.24, 2.45) is 5.92 Å². The van der Waals surface area contributed by atoms with Gasteiger partial charge in [-0.2, -0.15) is 0 Å². The van der Waals surface area contributed by atoms with Gasteiger partial charge < -0.3 is 10.1 Å². The summed E-state index contributed by atoms with van der Waals surface area (Å²) >= 11 is 3.45. The van der Waals surface area contributed by atoms with E-state index in [9.17, 15) is 0 Å². The molecule has 0 aromatic carbocycles. The summed E-state index contributed by atoms with van der Waals surface area (Å²) in [5.74, 6) is 3.11. The molecule has 1 saturated heterocycles. The van der Waals surface area contributed by atoms with Crippen molar-refractivity contribution in [3.8, 4) is 0 Å². The first-order valence-electron chi connectivity index (χ1n) is 6.17. The number of halogens is 1. The Bertz CT molecular complexity index is 403. The lowest BCUT2D eigenvalue weighted by Crippen LogP contribution is -2.15. The quantitative estimate of drug-likeness (QED) is 0.868. The van der Waals surface area contributed by atoms with E-state index in [2.05, 4.69) is 31.2 Å². The van der Waals surface area contributed by atoms with Crippen molar-refractivity contribution in [2.45, 2.75) is 25.2 Å². The molecule has 1 unspecified atom stereocenters. The zero-order chi connectivity index (χ0) is 11.7. The smallest absolute Gasteiger partial charge is 0.135 e. The molecule has 2 aliphatic rings. The second-order valence-corrected chi connectivity index (χ2v) is 5.63. The normalized spacial score (nSPS) is 23.9. The molecule has 1 aromatic heterocycles. The van der Waals surface area contributed by atoms with Crippen LogP contribution in [0.5, 0.6) is 0 Å². The van der Waals surface area contributed by atoms with Gasteiger partial charge in [0.05, 0.1) is 6.61 Å². The molecule has 0 spiro atoms. The van der Waals surface area contributed by atoms with Crippen molar-refractivity contribution in [1.29, 1.82) is 0 Å². The third kappa shape index (κ3) is 2.96. The van der Waals surface area contributed by atoms with Gasteiger partial charge in [0, 0.05) is 31.1 Å². The summed E-state index contributed by atoms with van der Waals surface area (Å²) in [4.78, 5) is 8.98. The average molecular weight is 298 g/mol. The van der Waals surface area contributed by atoms with E-state index in [0.29, 0.717) is 11.8 Å². The molecule has 1 N–H and O–H groups in total. The highest BCUT2D eigenvalue weighted by molar-refractivity contribution is 9.10. The standard InChI is InChI=1S/C12H16BrN3O/c13-10-5-11(14-6-8-3-4-17-7-8)16-12(15-10)9-1-2-9/h5,8-9H,1-4,6-7H2,(H,14,15,16). The first-order chi connectivity index (χ1) is 8.31. The van der Waals surface area contributed by atoms with Gasteiger partial charge >= 0.3 is 0 Å². The van der Waals surface area contributed by atoms with Crippen LogP contribution >= 0.6 is 15.9 Å². The van der Waals surface area contributed by atoms with Crippen LogP contribution < -0.4 is 5.32 Å². The third-order valence-electron chi connectivity index (χ3n) is 3.25. The number of nitrogens with zero attached hydrogens (tertiary/aromatic N) is 2. The monoisotopic (exact) mass is 297 g/mol. The molecule has 2 fully saturated rings. The molecule has 0 bridgehead atoms. The molecule has 5 heteroatoms. The van der Waals surface area contributed by atoms with E-state index < -0.39 is 0 Å². The summed E-state index contributed by atoms with van der Waals surface area (Å²) in [6, 6.07) is 1.95. The van der Waals surface area contributed by atoms with Gasteiger partial charge in [-0.15, -0.1) is 0 Å². The maximum absolute atomic E-state index is 5.36. The molecule has 1 saturated carbocycles. The molecule has 17 heavy (non-hydrogen) atoms. The van der Waals surface area contributed by atoms with E-state index in [-0.39, 0.29) is 0 Å². The fourth-order valence-electron chi connectivity index (χ4n) is 2.04. The van der Waals surface area contributed by atoms with Gasteiger partial charge in [0.2, 0.25) is 0 Å². The summed E-state index contributed by atoms with van der Waals surface area (Å²) in [5, 5.41) is 3.39. The van der Waals surface area contributed by atoms with Crippen molar-refractivity contribution < 1.29 is 4.74 Å². The fraction of sp³-hybridized carbons (Fsp3) is 0.667. The minimum absolute atomic E-state index is 0.586. The zero-order valence-electron chi connectivity index (χ0n) is 9.66. The highest BCUT2D eigenvalue weighted by atomic mass is 79.9. The van der Waals surface area contributed by atoms with E-state index in [1.54, 1.807) is 0 Å². The van der Waals surface area contributed by atoms with Crippen LogP contribution in [0.4, 0.5) is 5.82 Å². The van der Waals surface area contributed by atoms with Crippen LogP contribution in [0, 0.1) is 5.92 Å². The first-order valence-corrected chi connectivity index (χ1v) is 6.96. The molecule has 92 valence electrons. The Morgan fingerprint density at radius 2 is 2.24 bits per heavy atom. The summed E-state index contributed by atoms with van der Waals surface area (Å²) in [5.41, 5.74) is 0. The van der Waals surface area contributed by atoms with Crippen LogP contribution in [0.1, 0.15) is 31.0 Å². The Labute approximate surface area is 109 Å². The van der Waals surface area contributed by atoms with Crippen LogP contribution in [-0.2, 0) is 4.74 Å². The number of anilines is 1. The Hall–Kier alpha value is -0.680. The van der Waals surface area contributed by atoms with E-state index in [0.717, 1.165) is 42.4 Å². The molecular weight excluding hydrogens is 282 g/mol. The lowest BCUT2D eigenvalue weighted by atomic mass is 10.1. The van der Waals surface area contributed by atoms with Gasteiger partial charge in [-0.05, 0) is 35.2 Å². The van der Waals surface area contributed by atoms with E-state index >= 15 is 0 Å². The summed E-state index contributed by atoms with van der Waals surface area (Å²) in [6.07, 6.45) is 3.60. The number of rotatable bonds is 4. The second kappa shape index (κ2) is 4.90. The molecule has 3 rings (SSSR count). The van der Waals surface area contributed by atoms with Crippen LogP contribution in [0.3, 0.4) is 0 Å². The largest absolute Gasteiger partial charge is 0.381 e. The molecule has 1 aromatic rings. The van der Waals surface area contributed by atoms with Crippen LogP contribution in [-0.4, -0.2) is 29.7 Å². The second-order valence-electron chi connectivity index (χ2n) is 4.82. The highest BCUT2D eigenvalue weighted by Gasteiger charge is 2.27. The van der Waals surface area contributed by atoms with Crippen molar-refractivity contribution in [1.82, 2.24) is 9.97 Å². The number of hydrogen-bond acceptors (Lipinski definition) is 4. The van der Waals surface area contributed by atoms with Crippen molar-refractivity contribution >= 4 is 21.7 Å². The predicted octanol–water partition coefficient (Wildman–Crippen LogP) is 2.56. The lowest BCUT2D eigenvalue weighted by molar-refractivity contribution is 0.187. The maximum Gasteiger partial charge on any atom is 0.135 e. The zero-order valence-corrected chi connectivity index (χ0v) is 11.2. The predicted molar refractivity (Wildman–Crippen MR) is 69.1 cm³/mol. The number of hydrogen-bond donors (Lipinski definition) is 1. The SMILES string of the molecule is Brc1cc(NCC2CCOC2)nc(C2CC2)n1. The molecule has 0 amide bonds. The Kier molecular flexibility index (Phi) is 3.29. The number of ether oxygens (including phenoxy) is 1. The summed E-state index contributed by atoms with van der Waals surface area (Å²) < 4.78 is 6.23. The molecule has 4 nitrogen and oxygen atoms in total. The van der Waals surface area contributed by atoms with Crippen LogP contribution in [0.25, 0.3) is 0 Å². The maximum atomic E-state index is 5.36. The van der Waals surface area contributed by atoms with Gasteiger partial charge in [0.25, 0.3) is 0 Å². The highest BCUT2D eigenvalue weighted by Crippen LogP contribution is 2.38. The van der Waals surface area contributed by atoms with E-state index in [4.69, 9.17) is 4.74 Å². The molecule has 2 heterocycles. The van der Waals surface area contributed by atoms with Gasteiger partial charge in [0.1, 0.15) is 16.2 Å². The van der Waals surface area contributed by atoms with Crippen LogP contribution in [0.15, 0.2) is 10.7 Å². The minimum atomic E-state index is 0.586. The number of nitrogens with one attached hydrogen (secondary N) is 1. The van der Waals surface area contributed by atoms with Gasteiger partial charge in [-0.1, -0.05) is 0 Å². The Balaban J connectivity index is 1.64. The van der Waals surface area contributed by atoms with Crippen molar-refractivity contribution in [3.63, 3.8) is 0 Å². The Morgan fingerprint density at radius 3 is 2.94 bits per heavy atom. The van der Waals surface area contributed by atoms with E-state index in [1.807, 2.05) is 6.07 Å². The molecular formula is C12H16BrN3O. The topological polar surface area (TPSA) is 47.0 Å². The van der Waals surface area contributed by atoms with Crippen molar-refractivity contribution in [3.05, 3.63) is 16.5 Å². The van der Waals surface area contributed by atoms with Gasteiger partial charge in [0.15, 0.2) is 0 Å². The molecule has 1 aliphatic heterocycles. The first kappa shape index (κ1) is 11.4. The molecule has 0 radical (unpaired) electrons. The Morgan fingerprint density at radius 1 is 1.35 bits per heavy atom. The summed E-state index contributed by atoms with van der Waals surface area (Å²) in [6.45, 7) is 2.70.